The molecule has 10 nitrogen and oxygen atoms in total. The average molecular weight is 333 g/mol. The van der Waals surface area contributed by atoms with E-state index in [0.717, 1.165) is 0 Å². The summed E-state index contributed by atoms with van der Waals surface area (Å²) in [5.41, 5.74) is 5.18. The lowest BCUT2D eigenvalue weighted by Crippen LogP contribution is -2.27. The van der Waals surface area contributed by atoms with E-state index >= 15 is 0 Å². The lowest BCUT2D eigenvalue weighted by molar-refractivity contribution is -0.105. The molecule has 0 aliphatic carbocycles. The second kappa shape index (κ2) is 7.63. The zero-order valence-electron chi connectivity index (χ0n) is 12.4. The smallest absolute Gasteiger partial charge is 0.293 e. The van der Waals surface area contributed by atoms with E-state index in [1.165, 1.54) is 24.3 Å². The van der Waals surface area contributed by atoms with E-state index in [0.29, 0.717) is 6.41 Å². The van der Waals surface area contributed by atoms with Crippen molar-refractivity contribution in [1.29, 1.82) is 5.41 Å². The third-order valence-electron chi connectivity index (χ3n) is 2.78. The molecule has 0 saturated heterocycles. The van der Waals surface area contributed by atoms with Crippen LogP contribution < -0.4 is 21.7 Å². The highest BCUT2D eigenvalue weighted by atomic mass is 16.4. The Morgan fingerprint density at radius 2 is 1.71 bits per heavy atom. The van der Waals surface area contributed by atoms with Gasteiger partial charge in [0.2, 0.25) is 12.3 Å². The maximum atomic E-state index is 11.9. The minimum atomic E-state index is -0.605. The fourth-order valence-corrected chi connectivity index (χ4v) is 1.69. The van der Waals surface area contributed by atoms with E-state index in [2.05, 4.69) is 16.0 Å². The molecule has 2 heterocycles. The van der Waals surface area contributed by atoms with E-state index in [9.17, 15) is 14.4 Å². The number of anilines is 2. The molecular weight excluding hydrogens is 318 g/mol. The Morgan fingerprint density at radius 1 is 1.08 bits per heavy atom. The molecule has 126 valence electrons. The molecule has 0 saturated carbocycles. The van der Waals surface area contributed by atoms with Gasteiger partial charge in [0.15, 0.2) is 17.4 Å². The topological polar surface area (TPSA) is 163 Å². The van der Waals surface area contributed by atoms with Gasteiger partial charge in [-0.1, -0.05) is 0 Å². The van der Waals surface area contributed by atoms with Crippen LogP contribution in [0.5, 0.6) is 0 Å². The molecule has 0 aromatic carbocycles. The molecule has 0 aliphatic heterocycles. The number of hydrogen-bond donors (Lipinski definition) is 5. The van der Waals surface area contributed by atoms with Crippen molar-refractivity contribution in [1.82, 2.24) is 5.32 Å². The first kappa shape index (κ1) is 16.8. The summed E-state index contributed by atoms with van der Waals surface area (Å²) in [5.74, 6) is -0.999. The van der Waals surface area contributed by atoms with Gasteiger partial charge in [0.05, 0.1) is 5.84 Å². The van der Waals surface area contributed by atoms with Crippen molar-refractivity contribution in [2.45, 2.75) is 6.42 Å². The summed E-state index contributed by atoms with van der Waals surface area (Å²) in [6.45, 7) is 0.204. The van der Waals surface area contributed by atoms with Crippen molar-refractivity contribution in [3.63, 3.8) is 0 Å². The summed E-state index contributed by atoms with van der Waals surface area (Å²) >= 11 is 0. The van der Waals surface area contributed by atoms with Crippen LogP contribution in [0.25, 0.3) is 0 Å². The lowest BCUT2D eigenvalue weighted by atomic mass is 10.3. The Kier molecular flexibility index (Phi) is 5.34. The molecule has 0 bridgehead atoms. The first-order chi connectivity index (χ1) is 11.5. The van der Waals surface area contributed by atoms with Crippen LogP contribution in [0.2, 0.25) is 0 Å². The molecule has 2 aromatic rings. The monoisotopic (exact) mass is 333 g/mol. The van der Waals surface area contributed by atoms with Crippen molar-refractivity contribution in [2.24, 2.45) is 5.73 Å². The van der Waals surface area contributed by atoms with Crippen LogP contribution in [-0.4, -0.2) is 30.6 Å². The number of rotatable bonds is 8. The number of carbonyl (C=O) groups excluding carboxylic acids is 3. The van der Waals surface area contributed by atoms with Crippen molar-refractivity contribution in [2.75, 3.05) is 17.2 Å². The van der Waals surface area contributed by atoms with Gasteiger partial charge in [-0.05, 0) is 12.1 Å². The van der Waals surface area contributed by atoms with Crippen molar-refractivity contribution >= 4 is 35.8 Å². The highest BCUT2D eigenvalue weighted by Crippen LogP contribution is 2.17. The van der Waals surface area contributed by atoms with Crippen molar-refractivity contribution in [3.05, 3.63) is 35.8 Å². The summed E-state index contributed by atoms with van der Waals surface area (Å²) < 4.78 is 10.3. The van der Waals surface area contributed by atoms with E-state index in [1.54, 1.807) is 0 Å². The van der Waals surface area contributed by atoms with Gasteiger partial charge in [-0.25, -0.2) is 0 Å². The summed E-state index contributed by atoms with van der Waals surface area (Å²) in [7, 11) is 0. The number of nitrogens with two attached hydrogens (primary N) is 1. The van der Waals surface area contributed by atoms with Crippen LogP contribution in [-0.2, 0) is 4.79 Å². The van der Waals surface area contributed by atoms with Crippen LogP contribution in [0.1, 0.15) is 27.5 Å². The number of nitrogens with one attached hydrogen (secondary N) is 4. The fourth-order valence-electron chi connectivity index (χ4n) is 1.69. The van der Waals surface area contributed by atoms with Gasteiger partial charge in [-0.3, -0.25) is 30.4 Å². The third kappa shape index (κ3) is 4.47. The highest BCUT2D eigenvalue weighted by molar-refractivity contribution is 6.02. The molecule has 6 N–H and O–H groups in total. The van der Waals surface area contributed by atoms with Crippen molar-refractivity contribution < 1.29 is 23.2 Å². The SMILES string of the molecule is N=C(N)CCNC(=O)c1ccc(NC(=O)c2ccc(NC=O)o2)o1. The molecule has 0 atom stereocenters. The van der Waals surface area contributed by atoms with Crippen LogP contribution >= 0.6 is 0 Å². The molecule has 0 fully saturated rings. The molecule has 2 aromatic heterocycles. The maximum Gasteiger partial charge on any atom is 0.293 e. The predicted octanol–water partition coefficient (Wildman–Crippen LogP) is 0.749. The van der Waals surface area contributed by atoms with E-state index in [-0.39, 0.29) is 42.1 Å². The number of amides is 3. The molecule has 3 amide bonds. The zero-order valence-corrected chi connectivity index (χ0v) is 12.4. The molecule has 24 heavy (non-hydrogen) atoms. The van der Waals surface area contributed by atoms with Gasteiger partial charge < -0.3 is 19.9 Å². The Hall–Kier alpha value is -3.56. The summed E-state index contributed by atoms with van der Waals surface area (Å²) in [6, 6.07) is 5.59. The minimum Gasteiger partial charge on any atom is -0.435 e. The fraction of sp³-hybridized carbons (Fsp3) is 0.143. The van der Waals surface area contributed by atoms with E-state index in [4.69, 9.17) is 20.0 Å². The standard InChI is InChI=1S/C14H15N5O5/c15-10(16)5-6-17-13(21)8-2-4-12(24-8)19-14(22)9-1-3-11(23-9)18-7-20/h1-4,7H,5-6H2,(H3,15,16)(H,17,21)(H,18,20)(H,19,22). The number of furan rings is 2. The largest absolute Gasteiger partial charge is 0.435 e. The second-order valence-corrected chi connectivity index (χ2v) is 4.58. The Labute approximate surface area is 135 Å². The summed E-state index contributed by atoms with van der Waals surface area (Å²) in [5, 5.41) is 14.3. The van der Waals surface area contributed by atoms with Crippen LogP contribution in [0.3, 0.4) is 0 Å². The maximum absolute atomic E-state index is 11.9. The molecule has 10 heteroatoms. The van der Waals surface area contributed by atoms with Crippen LogP contribution in [0, 0.1) is 5.41 Å². The van der Waals surface area contributed by atoms with Gasteiger partial charge in [-0.15, -0.1) is 0 Å². The first-order valence-electron chi connectivity index (χ1n) is 6.82. The minimum absolute atomic E-state index is 0.00314. The van der Waals surface area contributed by atoms with E-state index in [1.807, 2.05) is 0 Å². The van der Waals surface area contributed by atoms with Gasteiger partial charge >= 0.3 is 0 Å². The molecule has 0 spiro atoms. The quantitative estimate of drug-likeness (QED) is 0.272. The number of amidine groups is 1. The Bertz CT molecular complexity index is 763. The van der Waals surface area contributed by atoms with Gasteiger partial charge in [0.1, 0.15) is 0 Å². The average Bonchev–Trinajstić information content (AvgIpc) is 3.16. The molecule has 2 rings (SSSR count). The zero-order chi connectivity index (χ0) is 17.5. The molecular formula is C14H15N5O5. The molecule has 0 radical (unpaired) electrons. The predicted molar refractivity (Wildman–Crippen MR) is 83.9 cm³/mol. The van der Waals surface area contributed by atoms with Crippen LogP contribution in [0.15, 0.2) is 33.1 Å². The molecule has 0 aliphatic rings. The number of hydrogen-bond acceptors (Lipinski definition) is 6. The Morgan fingerprint density at radius 3 is 2.38 bits per heavy atom. The first-order valence-corrected chi connectivity index (χ1v) is 6.82. The second-order valence-electron chi connectivity index (χ2n) is 4.58. The normalized spacial score (nSPS) is 10.0. The summed E-state index contributed by atoms with van der Waals surface area (Å²) in [6.07, 6.45) is 0.649. The number of carbonyl (C=O) groups is 3. The van der Waals surface area contributed by atoms with Gasteiger partial charge in [0.25, 0.3) is 11.8 Å². The van der Waals surface area contributed by atoms with Gasteiger partial charge in [-0.2, -0.15) is 0 Å². The van der Waals surface area contributed by atoms with E-state index < -0.39 is 11.8 Å². The summed E-state index contributed by atoms with van der Waals surface area (Å²) in [4.78, 5) is 34.0. The molecule has 0 unspecified atom stereocenters. The van der Waals surface area contributed by atoms with Crippen LogP contribution in [0.4, 0.5) is 11.8 Å². The van der Waals surface area contributed by atoms with Gasteiger partial charge in [0, 0.05) is 25.1 Å². The third-order valence-corrected chi connectivity index (χ3v) is 2.78. The Balaban J connectivity index is 1.92. The highest BCUT2D eigenvalue weighted by Gasteiger charge is 2.15. The van der Waals surface area contributed by atoms with Crippen molar-refractivity contribution in [3.8, 4) is 0 Å². The lowest BCUT2D eigenvalue weighted by Gasteiger charge is -2.02.